The van der Waals surface area contributed by atoms with Crippen molar-refractivity contribution < 1.29 is 9.84 Å². The number of nitrogen functional groups attached to an aromatic ring is 1. The summed E-state index contributed by atoms with van der Waals surface area (Å²) in [6.07, 6.45) is 3.03. The van der Waals surface area contributed by atoms with Crippen LogP contribution >= 0.6 is 0 Å². The molecule has 4 nitrogen and oxygen atoms in total. The molecule has 2 rings (SSSR count). The number of methoxy groups -OCH3 is 1. The van der Waals surface area contributed by atoms with Gasteiger partial charge in [0.2, 0.25) is 0 Å². The molecule has 1 aliphatic rings. The Morgan fingerprint density at radius 3 is 2.87 bits per heavy atom. The Hall–Kier alpha value is -1.13. The van der Waals surface area contributed by atoms with Crippen molar-refractivity contribution in [1.82, 2.24) is 4.98 Å². The van der Waals surface area contributed by atoms with Gasteiger partial charge in [-0.25, -0.2) is 4.98 Å². The van der Waals surface area contributed by atoms with E-state index in [-0.39, 0.29) is 6.10 Å². The Morgan fingerprint density at radius 2 is 2.33 bits per heavy atom. The van der Waals surface area contributed by atoms with Crippen LogP contribution in [0.4, 0.5) is 5.82 Å². The lowest BCUT2D eigenvalue weighted by atomic mass is 10.0. The van der Waals surface area contributed by atoms with Crippen LogP contribution < -0.4 is 5.73 Å². The number of aromatic nitrogens is 1. The van der Waals surface area contributed by atoms with E-state index in [9.17, 15) is 5.11 Å². The minimum Gasteiger partial charge on any atom is -0.386 e. The first-order valence-electron chi connectivity index (χ1n) is 5.15. The highest BCUT2D eigenvalue weighted by atomic mass is 16.5. The van der Waals surface area contributed by atoms with Crippen LogP contribution in [-0.2, 0) is 4.74 Å². The second kappa shape index (κ2) is 4.16. The highest BCUT2D eigenvalue weighted by Crippen LogP contribution is 2.40. The fourth-order valence-corrected chi connectivity index (χ4v) is 1.86. The van der Waals surface area contributed by atoms with Gasteiger partial charge in [0.05, 0.1) is 6.10 Å². The molecule has 0 saturated heterocycles. The predicted octanol–water partition coefficient (Wildman–Crippen LogP) is 1.12. The van der Waals surface area contributed by atoms with Gasteiger partial charge >= 0.3 is 0 Å². The summed E-state index contributed by atoms with van der Waals surface area (Å²) in [6.45, 7) is 0. The summed E-state index contributed by atoms with van der Waals surface area (Å²) in [7, 11) is 1.62. The molecule has 4 heteroatoms. The summed E-state index contributed by atoms with van der Waals surface area (Å²) in [5.74, 6) is 0.845. The highest BCUT2D eigenvalue weighted by Gasteiger charge is 2.37. The SMILES string of the molecule is COC(C1CC1)C(O)c1cccnc1N. The topological polar surface area (TPSA) is 68.4 Å². The van der Waals surface area contributed by atoms with Crippen LogP contribution in [0, 0.1) is 5.92 Å². The van der Waals surface area contributed by atoms with Gasteiger partial charge < -0.3 is 15.6 Å². The molecule has 2 unspecified atom stereocenters. The number of ether oxygens (including phenoxy) is 1. The van der Waals surface area contributed by atoms with Crippen molar-refractivity contribution in [2.24, 2.45) is 5.92 Å². The molecule has 0 aliphatic heterocycles. The van der Waals surface area contributed by atoms with Crippen molar-refractivity contribution in [1.29, 1.82) is 0 Å². The van der Waals surface area contributed by atoms with Crippen molar-refractivity contribution in [3.63, 3.8) is 0 Å². The van der Waals surface area contributed by atoms with Crippen LogP contribution in [0.15, 0.2) is 18.3 Å². The van der Waals surface area contributed by atoms with Gasteiger partial charge in [-0.3, -0.25) is 0 Å². The van der Waals surface area contributed by atoms with Crippen LogP contribution in [0.25, 0.3) is 0 Å². The van der Waals surface area contributed by atoms with Gasteiger partial charge in [0, 0.05) is 18.9 Å². The maximum Gasteiger partial charge on any atom is 0.129 e. The molecule has 1 aromatic heterocycles. The fourth-order valence-electron chi connectivity index (χ4n) is 1.86. The third-order valence-electron chi connectivity index (χ3n) is 2.86. The molecule has 0 radical (unpaired) electrons. The number of rotatable bonds is 4. The average molecular weight is 208 g/mol. The van der Waals surface area contributed by atoms with Crippen LogP contribution in [0.1, 0.15) is 24.5 Å². The molecule has 15 heavy (non-hydrogen) atoms. The highest BCUT2D eigenvalue weighted by molar-refractivity contribution is 5.40. The summed E-state index contributed by atoms with van der Waals surface area (Å²) in [4.78, 5) is 3.96. The van der Waals surface area contributed by atoms with E-state index in [4.69, 9.17) is 10.5 Å². The number of aliphatic hydroxyl groups is 1. The van der Waals surface area contributed by atoms with Crippen molar-refractivity contribution in [3.8, 4) is 0 Å². The van der Waals surface area contributed by atoms with E-state index in [1.54, 1.807) is 25.4 Å². The molecule has 3 N–H and O–H groups in total. The zero-order chi connectivity index (χ0) is 10.8. The van der Waals surface area contributed by atoms with Crippen LogP contribution in [0.3, 0.4) is 0 Å². The van der Waals surface area contributed by atoms with E-state index in [2.05, 4.69) is 4.98 Å². The maximum atomic E-state index is 10.1. The number of nitrogens with two attached hydrogens (primary N) is 1. The first-order chi connectivity index (χ1) is 7.24. The Morgan fingerprint density at radius 1 is 1.60 bits per heavy atom. The summed E-state index contributed by atoms with van der Waals surface area (Å²) in [5.41, 5.74) is 6.37. The van der Waals surface area contributed by atoms with E-state index in [1.165, 1.54) is 0 Å². The summed E-state index contributed by atoms with van der Waals surface area (Å²) < 4.78 is 5.31. The van der Waals surface area contributed by atoms with Crippen molar-refractivity contribution in [3.05, 3.63) is 23.9 Å². The molecule has 1 saturated carbocycles. The number of pyridine rings is 1. The zero-order valence-electron chi connectivity index (χ0n) is 8.76. The normalized spacial score (nSPS) is 19.9. The maximum absolute atomic E-state index is 10.1. The molecular formula is C11H16N2O2. The minimum atomic E-state index is -0.670. The lowest BCUT2D eigenvalue weighted by molar-refractivity contribution is -0.0257. The van der Waals surface area contributed by atoms with Crippen molar-refractivity contribution in [2.45, 2.75) is 25.0 Å². The molecule has 1 aliphatic carbocycles. The number of anilines is 1. The predicted molar refractivity (Wildman–Crippen MR) is 57.1 cm³/mol. The third-order valence-corrected chi connectivity index (χ3v) is 2.86. The van der Waals surface area contributed by atoms with Gasteiger partial charge in [0.1, 0.15) is 11.9 Å². The molecule has 1 heterocycles. The number of nitrogens with zero attached hydrogens (tertiary/aromatic N) is 1. The van der Waals surface area contributed by atoms with Gasteiger partial charge in [-0.15, -0.1) is 0 Å². The van der Waals surface area contributed by atoms with Gasteiger partial charge in [-0.2, -0.15) is 0 Å². The van der Waals surface area contributed by atoms with Crippen LogP contribution in [0.2, 0.25) is 0 Å². The van der Waals surface area contributed by atoms with Gasteiger partial charge in [0.25, 0.3) is 0 Å². The van der Waals surface area contributed by atoms with Gasteiger partial charge in [-0.05, 0) is 24.8 Å². The Bertz CT molecular complexity index is 339. The average Bonchev–Trinajstić information content (AvgIpc) is 3.03. The number of hydrogen-bond acceptors (Lipinski definition) is 4. The lowest BCUT2D eigenvalue weighted by Gasteiger charge is -2.22. The monoisotopic (exact) mass is 208 g/mol. The molecule has 82 valence electrons. The quantitative estimate of drug-likeness (QED) is 0.778. The van der Waals surface area contributed by atoms with Crippen LogP contribution in [0.5, 0.6) is 0 Å². The van der Waals surface area contributed by atoms with E-state index in [0.717, 1.165) is 12.8 Å². The van der Waals surface area contributed by atoms with E-state index in [1.807, 2.05) is 0 Å². The number of hydrogen-bond donors (Lipinski definition) is 2. The Balaban J connectivity index is 2.18. The molecule has 0 aromatic carbocycles. The smallest absolute Gasteiger partial charge is 0.129 e. The second-order valence-electron chi connectivity index (χ2n) is 3.96. The summed E-state index contributed by atoms with van der Waals surface area (Å²) >= 11 is 0. The Labute approximate surface area is 89.1 Å². The molecular weight excluding hydrogens is 192 g/mol. The van der Waals surface area contributed by atoms with Gasteiger partial charge in [-0.1, -0.05) is 6.07 Å². The van der Waals surface area contributed by atoms with E-state index < -0.39 is 6.10 Å². The Kier molecular flexibility index (Phi) is 2.88. The summed E-state index contributed by atoms with van der Waals surface area (Å²) in [5, 5.41) is 10.1. The molecule has 0 amide bonds. The van der Waals surface area contributed by atoms with Crippen LogP contribution in [-0.4, -0.2) is 23.3 Å². The first kappa shape index (κ1) is 10.4. The molecule has 1 fully saturated rings. The first-order valence-corrected chi connectivity index (χ1v) is 5.15. The zero-order valence-corrected chi connectivity index (χ0v) is 8.76. The van der Waals surface area contributed by atoms with E-state index >= 15 is 0 Å². The largest absolute Gasteiger partial charge is 0.386 e. The lowest BCUT2D eigenvalue weighted by Crippen LogP contribution is -2.24. The molecule has 0 spiro atoms. The molecule has 2 atom stereocenters. The van der Waals surface area contributed by atoms with E-state index in [0.29, 0.717) is 17.3 Å². The third kappa shape index (κ3) is 2.11. The molecule has 0 bridgehead atoms. The van der Waals surface area contributed by atoms with Gasteiger partial charge in [0.15, 0.2) is 0 Å². The standard InChI is InChI=1S/C11H16N2O2/c1-15-10(7-4-5-7)9(14)8-3-2-6-13-11(8)12/h2-3,6-7,9-10,14H,4-5H2,1H3,(H2,12,13). The summed E-state index contributed by atoms with van der Waals surface area (Å²) in [6, 6.07) is 3.57. The van der Waals surface area contributed by atoms with Crippen molar-refractivity contribution in [2.75, 3.05) is 12.8 Å². The fraction of sp³-hybridized carbons (Fsp3) is 0.545. The number of aliphatic hydroxyl groups excluding tert-OH is 1. The second-order valence-corrected chi connectivity index (χ2v) is 3.96. The minimum absolute atomic E-state index is 0.156. The van der Waals surface area contributed by atoms with Crippen molar-refractivity contribution >= 4 is 5.82 Å². The molecule has 1 aromatic rings.